The maximum absolute atomic E-state index is 2.24. The normalized spacial score (nSPS) is 9.29. The van der Waals surface area contributed by atoms with Gasteiger partial charge in [0.25, 0.3) is 0 Å². The van der Waals surface area contributed by atoms with E-state index in [1.54, 1.807) is 5.56 Å². The van der Waals surface area contributed by atoms with Crippen molar-refractivity contribution in [2.24, 2.45) is 0 Å². The standard InChI is InChI=1S/C12H18.C2H6/c1-5-6-12-10(3)8-7-9(2)11(12)4;1-2/h7-8H,5-6H2,1-4H3;1-2H3. The average Bonchev–Trinajstić information content (AvgIpc) is 2.22. The van der Waals surface area contributed by atoms with Gasteiger partial charge < -0.3 is 0 Å². The van der Waals surface area contributed by atoms with Crippen molar-refractivity contribution in [1.29, 1.82) is 0 Å². The third kappa shape index (κ3) is 3.17. The van der Waals surface area contributed by atoms with Crippen molar-refractivity contribution < 1.29 is 0 Å². The van der Waals surface area contributed by atoms with Crippen LogP contribution in [0, 0.1) is 20.8 Å². The highest BCUT2D eigenvalue weighted by Gasteiger charge is 2.02. The van der Waals surface area contributed by atoms with Crippen LogP contribution in [0.4, 0.5) is 0 Å². The van der Waals surface area contributed by atoms with Crippen molar-refractivity contribution >= 4 is 0 Å². The van der Waals surface area contributed by atoms with Gasteiger partial charge in [-0.3, -0.25) is 0 Å². The first kappa shape index (κ1) is 13.2. The smallest absolute Gasteiger partial charge is 0.0276 e. The lowest BCUT2D eigenvalue weighted by Crippen LogP contribution is -1.95. The van der Waals surface area contributed by atoms with Crippen molar-refractivity contribution in [3.05, 3.63) is 34.4 Å². The summed E-state index contributed by atoms with van der Waals surface area (Å²) in [5.74, 6) is 0. The maximum atomic E-state index is 2.24. The second kappa shape index (κ2) is 6.64. The Balaban J connectivity index is 0.000000791. The van der Waals surface area contributed by atoms with E-state index >= 15 is 0 Å². The van der Waals surface area contributed by atoms with E-state index in [-0.39, 0.29) is 0 Å². The van der Waals surface area contributed by atoms with E-state index in [0.717, 1.165) is 0 Å². The van der Waals surface area contributed by atoms with Gasteiger partial charge >= 0.3 is 0 Å². The molecule has 0 radical (unpaired) electrons. The minimum absolute atomic E-state index is 1.22. The monoisotopic (exact) mass is 192 g/mol. The lowest BCUT2D eigenvalue weighted by molar-refractivity contribution is 0.900. The zero-order valence-corrected chi connectivity index (χ0v) is 10.6. The molecule has 1 rings (SSSR count). The molecule has 0 heteroatoms. The molecule has 0 saturated carbocycles. The molecule has 80 valence electrons. The van der Waals surface area contributed by atoms with Crippen LogP contribution in [0.15, 0.2) is 12.1 Å². The van der Waals surface area contributed by atoms with Crippen LogP contribution in [0.25, 0.3) is 0 Å². The Morgan fingerprint density at radius 1 is 0.929 bits per heavy atom. The first-order chi connectivity index (χ1) is 6.66. The summed E-state index contributed by atoms with van der Waals surface area (Å²) in [5, 5.41) is 0. The van der Waals surface area contributed by atoms with Gasteiger partial charge in [-0.15, -0.1) is 0 Å². The first-order valence-corrected chi connectivity index (χ1v) is 5.72. The van der Waals surface area contributed by atoms with Gasteiger partial charge in [0.15, 0.2) is 0 Å². The lowest BCUT2D eigenvalue weighted by atomic mass is 9.95. The van der Waals surface area contributed by atoms with Crippen LogP contribution in [0.5, 0.6) is 0 Å². The molecule has 0 aromatic heterocycles. The minimum atomic E-state index is 1.22. The van der Waals surface area contributed by atoms with Gasteiger partial charge in [-0.1, -0.05) is 39.3 Å². The number of benzene rings is 1. The van der Waals surface area contributed by atoms with Crippen molar-refractivity contribution in [3.63, 3.8) is 0 Å². The third-order valence-corrected chi connectivity index (χ3v) is 2.60. The summed E-state index contributed by atoms with van der Waals surface area (Å²) in [6.45, 7) is 12.9. The summed E-state index contributed by atoms with van der Waals surface area (Å²) >= 11 is 0. The van der Waals surface area contributed by atoms with Gasteiger partial charge in [0.05, 0.1) is 0 Å². The summed E-state index contributed by atoms with van der Waals surface area (Å²) in [4.78, 5) is 0. The minimum Gasteiger partial charge on any atom is -0.0683 e. The second-order valence-electron chi connectivity index (χ2n) is 3.55. The molecule has 0 fully saturated rings. The average molecular weight is 192 g/mol. The summed E-state index contributed by atoms with van der Waals surface area (Å²) < 4.78 is 0. The van der Waals surface area contributed by atoms with E-state index in [1.165, 1.54) is 29.5 Å². The quantitative estimate of drug-likeness (QED) is 0.643. The van der Waals surface area contributed by atoms with Crippen LogP contribution in [0.1, 0.15) is 49.4 Å². The molecule has 0 heterocycles. The van der Waals surface area contributed by atoms with Crippen LogP contribution in [-0.4, -0.2) is 0 Å². The van der Waals surface area contributed by atoms with Gasteiger partial charge in [-0.05, 0) is 49.4 Å². The van der Waals surface area contributed by atoms with Crippen molar-refractivity contribution in [2.45, 2.75) is 54.4 Å². The fourth-order valence-corrected chi connectivity index (χ4v) is 1.64. The Bertz CT molecular complexity index is 272. The van der Waals surface area contributed by atoms with Crippen LogP contribution in [-0.2, 0) is 6.42 Å². The van der Waals surface area contributed by atoms with Crippen molar-refractivity contribution in [1.82, 2.24) is 0 Å². The Morgan fingerprint density at radius 2 is 1.43 bits per heavy atom. The Labute approximate surface area is 89.4 Å². The Hall–Kier alpha value is -0.780. The van der Waals surface area contributed by atoms with E-state index in [0.29, 0.717) is 0 Å². The predicted octanol–water partition coefficient (Wildman–Crippen LogP) is 4.59. The molecule has 0 saturated heterocycles. The van der Waals surface area contributed by atoms with Gasteiger partial charge in [0.2, 0.25) is 0 Å². The second-order valence-corrected chi connectivity index (χ2v) is 3.55. The SMILES string of the molecule is CC.CCCc1c(C)ccc(C)c1C. The fourth-order valence-electron chi connectivity index (χ4n) is 1.64. The molecule has 0 amide bonds. The molecule has 0 nitrogen and oxygen atoms in total. The highest BCUT2D eigenvalue weighted by molar-refractivity contribution is 5.39. The first-order valence-electron chi connectivity index (χ1n) is 5.72. The Morgan fingerprint density at radius 3 is 1.93 bits per heavy atom. The molecule has 0 aliphatic rings. The molecule has 0 spiro atoms. The Kier molecular flexibility index (Phi) is 6.27. The van der Waals surface area contributed by atoms with Gasteiger partial charge in [-0.2, -0.15) is 0 Å². The zero-order valence-electron chi connectivity index (χ0n) is 10.6. The summed E-state index contributed by atoms with van der Waals surface area (Å²) in [7, 11) is 0. The lowest BCUT2D eigenvalue weighted by Gasteiger charge is -2.10. The highest BCUT2D eigenvalue weighted by atomic mass is 14.1. The number of aryl methyl sites for hydroxylation is 2. The highest BCUT2D eigenvalue weighted by Crippen LogP contribution is 2.18. The van der Waals surface area contributed by atoms with Crippen LogP contribution < -0.4 is 0 Å². The van der Waals surface area contributed by atoms with Crippen LogP contribution in [0.3, 0.4) is 0 Å². The largest absolute Gasteiger partial charge is 0.0683 e. The molecular weight excluding hydrogens is 168 g/mol. The fraction of sp³-hybridized carbons (Fsp3) is 0.571. The van der Waals surface area contributed by atoms with E-state index in [2.05, 4.69) is 39.8 Å². The molecule has 1 aromatic carbocycles. The summed E-state index contributed by atoms with van der Waals surface area (Å²) in [6.07, 6.45) is 2.46. The van der Waals surface area contributed by atoms with E-state index < -0.39 is 0 Å². The van der Waals surface area contributed by atoms with E-state index in [9.17, 15) is 0 Å². The van der Waals surface area contributed by atoms with Crippen LogP contribution >= 0.6 is 0 Å². The molecule has 1 aromatic rings. The summed E-state index contributed by atoms with van der Waals surface area (Å²) in [6, 6.07) is 4.44. The molecule has 0 unspecified atom stereocenters. The molecule has 0 aliphatic carbocycles. The van der Waals surface area contributed by atoms with Crippen molar-refractivity contribution in [2.75, 3.05) is 0 Å². The number of hydrogen-bond acceptors (Lipinski definition) is 0. The summed E-state index contributed by atoms with van der Waals surface area (Å²) in [5.41, 5.74) is 5.90. The van der Waals surface area contributed by atoms with Crippen LogP contribution in [0.2, 0.25) is 0 Å². The zero-order chi connectivity index (χ0) is 11.1. The number of hydrogen-bond donors (Lipinski definition) is 0. The third-order valence-electron chi connectivity index (χ3n) is 2.60. The van der Waals surface area contributed by atoms with Gasteiger partial charge in [-0.25, -0.2) is 0 Å². The molecule has 0 N–H and O–H groups in total. The molecule has 0 aliphatic heterocycles. The van der Waals surface area contributed by atoms with Gasteiger partial charge in [0.1, 0.15) is 0 Å². The van der Waals surface area contributed by atoms with Crippen molar-refractivity contribution in [3.8, 4) is 0 Å². The topological polar surface area (TPSA) is 0 Å². The van der Waals surface area contributed by atoms with E-state index in [1.807, 2.05) is 13.8 Å². The van der Waals surface area contributed by atoms with Gasteiger partial charge in [0, 0.05) is 0 Å². The van der Waals surface area contributed by atoms with E-state index in [4.69, 9.17) is 0 Å². The number of rotatable bonds is 2. The molecule has 14 heavy (non-hydrogen) atoms. The maximum Gasteiger partial charge on any atom is -0.0276 e. The predicted molar refractivity (Wildman–Crippen MR) is 66.0 cm³/mol. The molecule has 0 bridgehead atoms. The molecule has 0 atom stereocenters. The molecular formula is C14H24.